The molecule has 3 aromatic rings. The van der Waals surface area contributed by atoms with Gasteiger partial charge >= 0.3 is 6.18 Å². The number of alkyl halides is 3. The molecule has 0 radical (unpaired) electrons. The summed E-state index contributed by atoms with van der Waals surface area (Å²) in [7, 11) is -4.81. The van der Waals surface area contributed by atoms with E-state index < -0.39 is 32.6 Å². The van der Waals surface area contributed by atoms with Gasteiger partial charge in [0.15, 0.2) is 0 Å². The highest BCUT2D eigenvalue weighted by atomic mass is 35.5. The highest BCUT2D eigenvalue weighted by molar-refractivity contribution is 7.90. The van der Waals surface area contributed by atoms with Crippen molar-refractivity contribution < 1.29 is 31.1 Å². The fourth-order valence-corrected chi connectivity index (χ4v) is 5.19. The Morgan fingerprint density at radius 3 is 2.41 bits per heavy atom. The highest BCUT2D eigenvalue weighted by Gasteiger charge is 2.37. The number of carbonyl (C=O) groups is 1. The maximum absolute atomic E-state index is 13.4. The Morgan fingerprint density at radius 2 is 1.76 bits per heavy atom. The highest BCUT2D eigenvalue weighted by Crippen LogP contribution is 2.36. The molecular weight excluding hydrogens is 527 g/mol. The molecule has 0 aliphatic heterocycles. The van der Waals surface area contributed by atoms with Gasteiger partial charge < -0.3 is 4.74 Å². The second-order valence-electron chi connectivity index (χ2n) is 8.89. The fraction of sp³-hybridized carbons (Fsp3) is 0.296. The normalized spacial score (nSPS) is 12.0. The topological polar surface area (TPSA) is 72.5 Å². The van der Waals surface area contributed by atoms with E-state index in [2.05, 4.69) is 0 Å². The Morgan fingerprint density at radius 1 is 1.05 bits per heavy atom. The van der Waals surface area contributed by atoms with Crippen LogP contribution in [0.25, 0.3) is 11.1 Å². The zero-order valence-corrected chi connectivity index (χ0v) is 22.1. The first kappa shape index (κ1) is 28.5. The molecule has 0 bridgehead atoms. The number of amides is 1. The first-order chi connectivity index (χ1) is 17.3. The molecule has 0 aromatic heterocycles. The van der Waals surface area contributed by atoms with Crippen molar-refractivity contribution in [2.24, 2.45) is 5.92 Å². The summed E-state index contributed by atoms with van der Waals surface area (Å²) < 4.78 is 73.5. The third-order valence-corrected chi connectivity index (χ3v) is 7.03. The molecule has 0 fully saturated rings. The molecule has 0 atom stereocenters. The van der Waals surface area contributed by atoms with Gasteiger partial charge in [-0.3, -0.25) is 4.79 Å². The molecule has 1 N–H and O–H groups in total. The lowest BCUT2D eigenvalue weighted by atomic mass is 9.93. The van der Waals surface area contributed by atoms with Crippen LogP contribution in [0.3, 0.4) is 0 Å². The summed E-state index contributed by atoms with van der Waals surface area (Å²) >= 11 is 6.22. The van der Waals surface area contributed by atoms with Gasteiger partial charge in [0, 0.05) is 16.1 Å². The van der Waals surface area contributed by atoms with E-state index in [-0.39, 0.29) is 11.5 Å². The van der Waals surface area contributed by atoms with Crippen molar-refractivity contribution in [3.63, 3.8) is 0 Å². The molecule has 0 saturated carbocycles. The van der Waals surface area contributed by atoms with Gasteiger partial charge in [0.05, 0.1) is 17.1 Å². The molecule has 0 spiro atoms. The van der Waals surface area contributed by atoms with E-state index in [1.54, 1.807) is 30.3 Å². The summed E-state index contributed by atoms with van der Waals surface area (Å²) in [5, 5.41) is 0.487. The van der Waals surface area contributed by atoms with Crippen molar-refractivity contribution in [1.29, 1.82) is 0 Å². The van der Waals surface area contributed by atoms with E-state index in [1.165, 1.54) is 6.07 Å². The molecule has 37 heavy (non-hydrogen) atoms. The molecule has 3 aromatic carbocycles. The third-order valence-electron chi connectivity index (χ3n) is 5.40. The first-order valence-corrected chi connectivity index (χ1v) is 13.5. The standard InChI is InChI=1S/C27H27ClF3NO4S/c1-4-13-36-24-12-10-20(28)16-22(24)18-9-11-21(19(15-18)14-17(2)3)26(33)32-37(34,35)25-8-6-5-7-23(25)27(29,30)31/h5-12,15-17H,4,13-14H2,1-3H3,(H,32,33). The van der Waals surface area contributed by atoms with E-state index in [0.717, 1.165) is 24.6 Å². The molecular formula is C27H27ClF3NO4S. The SMILES string of the molecule is CCCOc1ccc(Cl)cc1-c1ccc(C(=O)NS(=O)(=O)c2ccccc2C(F)(F)F)c(CC(C)C)c1. The van der Waals surface area contributed by atoms with Crippen molar-refractivity contribution in [2.45, 2.75) is 44.7 Å². The molecule has 0 saturated heterocycles. The lowest BCUT2D eigenvalue weighted by Gasteiger charge is -2.17. The largest absolute Gasteiger partial charge is 0.493 e. The van der Waals surface area contributed by atoms with Gasteiger partial charge in [0.2, 0.25) is 0 Å². The lowest BCUT2D eigenvalue weighted by molar-refractivity contribution is -0.139. The van der Waals surface area contributed by atoms with Crippen LogP contribution in [0.4, 0.5) is 13.2 Å². The Hall–Kier alpha value is -3.04. The maximum Gasteiger partial charge on any atom is 0.417 e. The monoisotopic (exact) mass is 553 g/mol. The minimum atomic E-state index is -4.91. The van der Waals surface area contributed by atoms with E-state index in [9.17, 15) is 26.4 Å². The Labute approximate surface area is 219 Å². The van der Waals surface area contributed by atoms with Crippen LogP contribution in [-0.2, 0) is 22.6 Å². The summed E-state index contributed by atoms with van der Waals surface area (Å²) in [6, 6.07) is 13.7. The van der Waals surface area contributed by atoms with Gasteiger partial charge in [-0.1, -0.05) is 56.6 Å². The van der Waals surface area contributed by atoms with Gasteiger partial charge in [-0.2, -0.15) is 13.2 Å². The van der Waals surface area contributed by atoms with Crippen molar-refractivity contribution in [3.8, 4) is 16.9 Å². The van der Waals surface area contributed by atoms with Crippen LogP contribution in [0.15, 0.2) is 65.6 Å². The summed E-state index contributed by atoms with van der Waals surface area (Å²) in [6.45, 7) is 6.33. The fourth-order valence-electron chi connectivity index (χ4n) is 3.82. The molecule has 198 valence electrons. The molecule has 0 heterocycles. The van der Waals surface area contributed by atoms with Crippen molar-refractivity contribution in [1.82, 2.24) is 4.72 Å². The number of hydrogen-bond donors (Lipinski definition) is 1. The summed E-state index contributed by atoms with van der Waals surface area (Å²) in [6.07, 6.45) is -3.69. The quantitative estimate of drug-likeness (QED) is 0.306. The van der Waals surface area contributed by atoms with Crippen molar-refractivity contribution >= 4 is 27.5 Å². The number of sulfonamides is 1. The van der Waals surface area contributed by atoms with E-state index in [1.807, 2.05) is 25.5 Å². The number of rotatable bonds is 9. The number of halogens is 4. The van der Waals surface area contributed by atoms with E-state index >= 15 is 0 Å². The zero-order chi connectivity index (χ0) is 27.4. The zero-order valence-electron chi connectivity index (χ0n) is 20.5. The van der Waals surface area contributed by atoms with Crippen molar-refractivity contribution in [3.05, 3.63) is 82.4 Å². The number of hydrogen-bond acceptors (Lipinski definition) is 4. The Balaban J connectivity index is 2.03. The summed E-state index contributed by atoms with van der Waals surface area (Å²) in [5.74, 6) is -0.322. The number of benzene rings is 3. The lowest BCUT2D eigenvalue weighted by Crippen LogP contribution is -2.32. The minimum Gasteiger partial charge on any atom is -0.493 e. The summed E-state index contributed by atoms with van der Waals surface area (Å²) in [4.78, 5) is 12.1. The molecule has 0 aliphatic carbocycles. The predicted molar refractivity (Wildman–Crippen MR) is 137 cm³/mol. The molecule has 5 nitrogen and oxygen atoms in total. The van der Waals surface area contributed by atoms with Crippen LogP contribution in [0.1, 0.15) is 48.7 Å². The first-order valence-electron chi connectivity index (χ1n) is 11.6. The van der Waals surface area contributed by atoms with Crippen LogP contribution in [-0.4, -0.2) is 20.9 Å². The van der Waals surface area contributed by atoms with Gasteiger partial charge in [0.25, 0.3) is 15.9 Å². The molecule has 0 unspecified atom stereocenters. The second kappa shape index (κ2) is 11.6. The Bertz CT molecular complexity index is 1390. The Kier molecular flexibility index (Phi) is 8.92. The number of nitrogens with one attached hydrogen (secondary N) is 1. The predicted octanol–water partition coefficient (Wildman–Crippen LogP) is 7.13. The van der Waals surface area contributed by atoms with Crippen LogP contribution in [0.5, 0.6) is 5.75 Å². The molecule has 0 aliphatic rings. The van der Waals surface area contributed by atoms with Gasteiger partial charge in [-0.05, 0) is 66.3 Å². The molecule has 1 amide bonds. The average Bonchev–Trinajstić information content (AvgIpc) is 2.82. The van der Waals surface area contributed by atoms with E-state index in [4.69, 9.17) is 16.3 Å². The minimum absolute atomic E-state index is 0.0450. The summed E-state index contributed by atoms with van der Waals surface area (Å²) in [5.41, 5.74) is 0.624. The van der Waals surface area contributed by atoms with Crippen LogP contribution >= 0.6 is 11.6 Å². The van der Waals surface area contributed by atoms with Gasteiger partial charge in [-0.25, -0.2) is 13.1 Å². The molecule has 3 rings (SSSR count). The average molecular weight is 554 g/mol. The van der Waals surface area contributed by atoms with E-state index in [0.29, 0.717) is 46.6 Å². The second-order valence-corrected chi connectivity index (χ2v) is 11.0. The van der Waals surface area contributed by atoms with Gasteiger partial charge in [0.1, 0.15) is 5.75 Å². The van der Waals surface area contributed by atoms with Crippen LogP contribution in [0, 0.1) is 5.92 Å². The smallest absolute Gasteiger partial charge is 0.417 e. The van der Waals surface area contributed by atoms with Crippen LogP contribution < -0.4 is 9.46 Å². The van der Waals surface area contributed by atoms with Crippen molar-refractivity contribution in [2.75, 3.05) is 6.61 Å². The molecule has 10 heteroatoms. The number of carbonyl (C=O) groups excluding carboxylic acids is 1. The third kappa shape index (κ3) is 7.05. The maximum atomic E-state index is 13.4. The number of ether oxygens (including phenoxy) is 1. The van der Waals surface area contributed by atoms with Crippen LogP contribution in [0.2, 0.25) is 5.02 Å². The van der Waals surface area contributed by atoms with Gasteiger partial charge in [-0.15, -0.1) is 0 Å².